The highest BCUT2D eigenvalue weighted by atomic mass is 19.1. The summed E-state index contributed by atoms with van der Waals surface area (Å²) in [6.07, 6.45) is 0. The van der Waals surface area contributed by atoms with E-state index in [9.17, 15) is 9.18 Å². The number of methoxy groups -OCH3 is 1. The Balaban J connectivity index is 2.55. The van der Waals surface area contributed by atoms with Gasteiger partial charge in [-0.2, -0.15) is 0 Å². The van der Waals surface area contributed by atoms with Crippen LogP contribution in [0.25, 0.3) is 0 Å². The first-order valence-corrected chi connectivity index (χ1v) is 5.01. The van der Waals surface area contributed by atoms with Crippen molar-refractivity contribution < 1.29 is 18.7 Å². The average molecular weight is 226 g/mol. The normalized spacial score (nSPS) is 12.0. The van der Waals surface area contributed by atoms with Crippen LogP contribution in [0, 0.1) is 18.7 Å². The SMILES string of the molecule is COC(=O)[C@@H](C)COc1ccc(C)c(F)c1. The quantitative estimate of drug-likeness (QED) is 0.739. The Morgan fingerprint density at radius 3 is 2.75 bits per heavy atom. The molecule has 0 aromatic heterocycles. The summed E-state index contributed by atoms with van der Waals surface area (Å²) in [4.78, 5) is 11.1. The van der Waals surface area contributed by atoms with Gasteiger partial charge in [0.1, 0.15) is 18.2 Å². The highest BCUT2D eigenvalue weighted by molar-refractivity contribution is 5.71. The minimum atomic E-state index is -0.366. The van der Waals surface area contributed by atoms with E-state index in [1.165, 1.54) is 13.2 Å². The second kappa shape index (κ2) is 5.49. The van der Waals surface area contributed by atoms with E-state index >= 15 is 0 Å². The lowest BCUT2D eigenvalue weighted by Crippen LogP contribution is -2.20. The molecule has 0 N–H and O–H groups in total. The number of ether oxygens (including phenoxy) is 2. The van der Waals surface area contributed by atoms with Gasteiger partial charge in [0.05, 0.1) is 13.0 Å². The van der Waals surface area contributed by atoms with Gasteiger partial charge in [0, 0.05) is 6.07 Å². The molecule has 0 spiro atoms. The third-order valence-electron chi connectivity index (χ3n) is 2.25. The van der Waals surface area contributed by atoms with Gasteiger partial charge in [-0.05, 0) is 25.5 Å². The van der Waals surface area contributed by atoms with E-state index in [2.05, 4.69) is 4.74 Å². The summed E-state index contributed by atoms with van der Waals surface area (Å²) >= 11 is 0. The molecule has 0 fully saturated rings. The molecule has 0 radical (unpaired) electrons. The Kier molecular flexibility index (Phi) is 4.28. The van der Waals surface area contributed by atoms with Gasteiger partial charge in [0.25, 0.3) is 0 Å². The molecule has 0 unspecified atom stereocenters. The van der Waals surface area contributed by atoms with Crippen LogP contribution in [-0.2, 0) is 9.53 Å². The zero-order valence-electron chi connectivity index (χ0n) is 9.62. The standard InChI is InChI=1S/C12H15FO3/c1-8-4-5-10(6-11(8)13)16-7-9(2)12(14)15-3/h4-6,9H,7H2,1-3H3/t9-/m0/s1. The maximum Gasteiger partial charge on any atom is 0.311 e. The minimum Gasteiger partial charge on any atom is -0.493 e. The molecule has 0 saturated carbocycles. The number of hydrogen-bond donors (Lipinski definition) is 0. The molecule has 1 aromatic carbocycles. The van der Waals surface area contributed by atoms with E-state index in [0.717, 1.165) is 0 Å². The van der Waals surface area contributed by atoms with Gasteiger partial charge in [0.15, 0.2) is 0 Å². The van der Waals surface area contributed by atoms with Crippen molar-refractivity contribution in [3.05, 3.63) is 29.6 Å². The highest BCUT2D eigenvalue weighted by Gasteiger charge is 2.13. The van der Waals surface area contributed by atoms with Gasteiger partial charge in [-0.25, -0.2) is 4.39 Å². The van der Waals surface area contributed by atoms with Crippen LogP contribution >= 0.6 is 0 Å². The molecule has 0 saturated heterocycles. The first kappa shape index (κ1) is 12.5. The Morgan fingerprint density at radius 1 is 1.50 bits per heavy atom. The summed E-state index contributed by atoms with van der Waals surface area (Å²) in [5.41, 5.74) is 0.563. The first-order valence-electron chi connectivity index (χ1n) is 5.01. The van der Waals surface area contributed by atoms with Crippen LogP contribution in [0.15, 0.2) is 18.2 Å². The molecule has 3 nitrogen and oxygen atoms in total. The van der Waals surface area contributed by atoms with Gasteiger partial charge >= 0.3 is 5.97 Å². The van der Waals surface area contributed by atoms with E-state index < -0.39 is 0 Å². The molecule has 0 aliphatic carbocycles. The van der Waals surface area contributed by atoms with Crippen LogP contribution in [-0.4, -0.2) is 19.7 Å². The number of halogens is 1. The van der Waals surface area contributed by atoms with E-state index in [0.29, 0.717) is 11.3 Å². The summed E-state index contributed by atoms with van der Waals surface area (Å²) in [6.45, 7) is 3.54. The van der Waals surface area contributed by atoms with E-state index in [-0.39, 0.29) is 24.3 Å². The Bertz CT molecular complexity index is 377. The molecule has 1 aromatic rings. The Hall–Kier alpha value is -1.58. The van der Waals surface area contributed by atoms with E-state index in [1.54, 1.807) is 26.0 Å². The zero-order valence-corrected chi connectivity index (χ0v) is 9.62. The third-order valence-corrected chi connectivity index (χ3v) is 2.25. The van der Waals surface area contributed by atoms with Crippen molar-refractivity contribution >= 4 is 5.97 Å². The van der Waals surface area contributed by atoms with Crippen LogP contribution < -0.4 is 4.74 Å². The van der Waals surface area contributed by atoms with Crippen molar-refractivity contribution in [2.24, 2.45) is 5.92 Å². The van der Waals surface area contributed by atoms with Crippen LogP contribution in [0.3, 0.4) is 0 Å². The molecule has 0 heterocycles. The number of aryl methyl sites for hydroxylation is 1. The van der Waals surface area contributed by atoms with Crippen molar-refractivity contribution in [3.8, 4) is 5.75 Å². The maximum absolute atomic E-state index is 13.2. The van der Waals surface area contributed by atoms with E-state index in [4.69, 9.17) is 4.74 Å². The molecule has 4 heteroatoms. The highest BCUT2D eigenvalue weighted by Crippen LogP contribution is 2.16. The lowest BCUT2D eigenvalue weighted by atomic mass is 10.2. The average Bonchev–Trinajstić information content (AvgIpc) is 2.29. The molecule has 0 bridgehead atoms. The zero-order chi connectivity index (χ0) is 12.1. The van der Waals surface area contributed by atoms with Crippen molar-refractivity contribution in [1.82, 2.24) is 0 Å². The lowest BCUT2D eigenvalue weighted by molar-refractivity contribution is -0.145. The van der Waals surface area contributed by atoms with Crippen molar-refractivity contribution in [2.75, 3.05) is 13.7 Å². The maximum atomic E-state index is 13.2. The van der Waals surface area contributed by atoms with Crippen LogP contribution in [0.4, 0.5) is 4.39 Å². The summed E-state index contributed by atoms with van der Waals surface area (Å²) in [5, 5.41) is 0. The molecular weight excluding hydrogens is 211 g/mol. The molecule has 0 aliphatic heterocycles. The third kappa shape index (κ3) is 3.22. The van der Waals surface area contributed by atoms with Gasteiger partial charge in [-0.3, -0.25) is 4.79 Å². The number of carbonyl (C=O) groups is 1. The Morgan fingerprint density at radius 2 is 2.19 bits per heavy atom. The lowest BCUT2D eigenvalue weighted by Gasteiger charge is -2.11. The topological polar surface area (TPSA) is 35.5 Å². The fraction of sp³-hybridized carbons (Fsp3) is 0.417. The summed E-state index contributed by atoms with van der Waals surface area (Å²) in [7, 11) is 1.32. The molecule has 88 valence electrons. The molecule has 16 heavy (non-hydrogen) atoms. The minimum absolute atomic E-state index is 0.176. The number of benzene rings is 1. The molecular formula is C12H15FO3. The number of hydrogen-bond acceptors (Lipinski definition) is 3. The monoisotopic (exact) mass is 226 g/mol. The molecule has 0 aliphatic rings. The van der Waals surface area contributed by atoms with Crippen molar-refractivity contribution in [2.45, 2.75) is 13.8 Å². The predicted octanol–water partition coefficient (Wildman–Crippen LogP) is 2.32. The smallest absolute Gasteiger partial charge is 0.311 e. The van der Waals surface area contributed by atoms with Gasteiger partial charge in [-0.15, -0.1) is 0 Å². The number of rotatable bonds is 4. The molecule has 0 amide bonds. The second-order valence-electron chi connectivity index (χ2n) is 3.65. The van der Waals surface area contributed by atoms with Crippen LogP contribution in [0.2, 0.25) is 0 Å². The summed E-state index contributed by atoms with van der Waals surface area (Å²) in [5.74, 6) is -0.607. The first-order chi connectivity index (χ1) is 7.54. The fourth-order valence-electron chi connectivity index (χ4n) is 1.15. The van der Waals surface area contributed by atoms with Crippen molar-refractivity contribution in [3.63, 3.8) is 0 Å². The predicted molar refractivity (Wildman–Crippen MR) is 57.8 cm³/mol. The van der Waals surface area contributed by atoms with Crippen LogP contribution in [0.1, 0.15) is 12.5 Å². The molecule has 1 rings (SSSR count). The van der Waals surface area contributed by atoms with Crippen molar-refractivity contribution in [1.29, 1.82) is 0 Å². The van der Waals surface area contributed by atoms with Gasteiger partial charge in [0.2, 0.25) is 0 Å². The summed E-state index contributed by atoms with van der Waals surface area (Å²) < 4.78 is 23.0. The summed E-state index contributed by atoms with van der Waals surface area (Å²) in [6, 6.07) is 4.61. The fourth-order valence-corrected chi connectivity index (χ4v) is 1.15. The number of esters is 1. The van der Waals surface area contributed by atoms with E-state index in [1.807, 2.05) is 0 Å². The largest absolute Gasteiger partial charge is 0.493 e. The molecule has 1 atom stereocenters. The Labute approximate surface area is 94.2 Å². The van der Waals surface area contributed by atoms with Crippen LogP contribution in [0.5, 0.6) is 5.75 Å². The number of carbonyl (C=O) groups excluding carboxylic acids is 1. The van der Waals surface area contributed by atoms with Gasteiger partial charge < -0.3 is 9.47 Å². The van der Waals surface area contributed by atoms with Gasteiger partial charge in [-0.1, -0.05) is 6.07 Å². The second-order valence-corrected chi connectivity index (χ2v) is 3.65.